The Labute approximate surface area is 264 Å². The van der Waals surface area contributed by atoms with Gasteiger partial charge >= 0.3 is 29.6 Å². The molecule has 2 aliphatic rings. The number of nitrogens with one attached hydrogen (secondary N) is 1. The Balaban J connectivity index is 0.00000420. The van der Waals surface area contributed by atoms with Crippen LogP contribution in [0.25, 0.3) is 0 Å². The third-order valence-electron chi connectivity index (χ3n) is 7.53. The van der Waals surface area contributed by atoms with Crippen LogP contribution in [0, 0.1) is 11.3 Å². The Hall–Kier alpha value is -1.26. The van der Waals surface area contributed by atoms with Crippen molar-refractivity contribution in [3.8, 4) is 0 Å². The summed E-state index contributed by atoms with van der Waals surface area (Å²) >= 11 is 10.3. The molecule has 0 bridgehead atoms. The van der Waals surface area contributed by atoms with E-state index in [1.54, 1.807) is 30.3 Å². The Kier molecular flexibility index (Phi) is 10.9. The third kappa shape index (κ3) is 7.73. The summed E-state index contributed by atoms with van der Waals surface area (Å²) in [5, 5.41) is 3.48. The molecule has 204 valence electrons. The fourth-order valence-electron chi connectivity index (χ4n) is 5.35. The van der Waals surface area contributed by atoms with Gasteiger partial charge < -0.3 is 14.8 Å². The number of hydrogen-bond acceptors (Lipinski definition) is 5. The van der Waals surface area contributed by atoms with Crippen LogP contribution in [-0.4, -0.2) is 49.1 Å². The molecule has 1 aliphatic heterocycles. The molecule has 1 aliphatic carbocycles. The maximum Gasteiger partial charge on any atom is 1.00 e. The largest absolute Gasteiger partial charge is 1.00 e. The first-order valence-corrected chi connectivity index (χ1v) is 14.7. The van der Waals surface area contributed by atoms with Gasteiger partial charge in [-0.25, -0.2) is 0 Å². The number of rotatable bonds is 7. The predicted molar refractivity (Wildman–Crippen MR) is 150 cm³/mol. The van der Waals surface area contributed by atoms with Gasteiger partial charge in [-0.1, -0.05) is 67.2 Å². The fraction of sp³-hybridized carbons (Fsp3) is 0.464. The molecule has 1 spiro atoms. The summed E-state index contributed by atoms with van der Waals surface area (Å²) < 4.78 is 21.4. The molecule has 0 aromatic heterocycles. The molecule has 1 fully saturated rings. The second kappa shape index (κ2) is 13.1. The Bertz CT molecular complexity index is 1250. The Morgan fingerprint density at radius 2 is 1.72 bits per heavy atom. The smallest absolute Gasteiger partial charge is 0.772 e. The maximum atomic E-state index is 13.8. The number of aliphatic imine (C=N–C) groups is 1. The van der Waals surface area contributed by atoms with Crippen LogP contribution in [0.5, 0.6) is 0 Å². The zero-order chi connectivity index (χ0) is 27.7. The molecule has 0 radical (unpaired) electrons. The molecule has 2 aromatic rings. The molecule has 2 amide bonds. The number of halogens is 2. The van der Waals surface area contributed by atoms with E-state index in [1.807, 2.05) is 17.0 Å². The van der Waals surface area contributed by atoms with Crippen molar-refractivity contribution in [2.24, 2.45) is 16.3 Å². The van der Waals surface area contributed by atoms with E-state index in [2.05, 4.69) is 26.1 Å². The molecule has 1 saturated carbocycles. The van der Waals surface area contributed by atoms with Gasteiger partial charge in [0, 0.05) is 40.0 Å². The summed E-state index contributed by atoms with van der Waals surface area (Å²) in [7, 11) is 0. The summed E-state index contributed by atoms with van der Waals surface area (Å²) in [4.78, 5) is 33.1. The van der Waals surface area contributed by atoms with Gasteiger partial charge in [-0.2, -0.15) is 0 Å². The van der Waals surface area contributed by atoms with Crippen LogP contribution in [0.2, 0.25) is 10.0 Å². The summed E-state index contributed by atoms with van der Waals surface area (Å²) in [6.07, 6.45) is 3.46. The third-order valence-corrected chi connectivity index (χ3v) is 8.50. The van der Waals surface area contributed by atoms with Crippen molar-refractivity contribution in [3.05, 3.63) is 69.2 Å². The minimum atomic E-state index is -2.21. The van der Waals surface area contributed by atoms with Crippen LogP contribution in [0.15, 0.2) is 47.5 Å². The summed E-state index contributed by atoms with van der Waals surface area (Å²) in [5.41, 5.74) is 1.81. The zero-order valence-electron chi connectivity index (χ0n) is 22.8. The number of carbonyl (C=O) groups excluding carboxylic acids is 2. The van der Waals surface area contributed by atoms with E-state index in [0.717, 1.165) is 31.2 Å². The van der Waals surface area contributed by atoms with Crippen LogP contribution in [0.3, 0.4) is 0 Å². The molecule has 11 heteroatoms. The van der Waals surface area contributed by atoms with Crippen LogP contribution < -0.4 is 34.9 Å². The number of nitrogens with zero attached hydrogens (tertiary/aromatic N) is 2. The van der Waals surface area contributed by atoms with Crippen LogP contribution in [0.4, 0.5) is 0 Å². The molecule has 7 nitrogen and oxygen atoms in total. The topological polar surface area (TPSA) is 102 Å². The Morgan fingerprint density at radius 3 is 2.26 bits per heavy atom. The average molecular weight is 601 g/mol. The van der Waals surface area contributed by atoms with Crippen molar-refractivity contribution in [1.29, 1.82) is 0 Å². The second-order valence-corrected chi connectivity index (χ2v) is 13.0. The van der Waals surface area contributed by atoms with Crippen molar-refractivity contribution >= 4 is 51.8 Å². The predicted octanol–water partition coefficient (Wildman–Crippen LogP) is 2.37. The first-order valence-electron chi connectivity index (χ1n) is 12.7. The van der Waals surface area contributed by atoms with E-state index in [4.69, 9.17) is 28.2 Å². The number of hydrogen-bond donors (Lipinski definition) is 1. The van der Waals surface area contributed by atoms with Crippen LogP contribution in [-0.2, 0) is 22.4 Å². The molecule has 2 aromatic carbocycles. The fourth-order valence-corrected chi connectivity index (χ4v) is 6.15. The summed E-state index contributed by atoms with van der Waals surface area (Å²) in [6.45, 7) is 7.16. The molecular weight excluding hydrogens is 568 g/mol. The van der Waals surface area contributed by atoms with E-state index in [9.17, 15) is 18.4 Å². The van der Waals surface area contributed by atoms with Crippen LogP contribution in [0.1, 0.15) is 67.9 Å². The quantitative estimate of drug-likeness (QED) is 0.390. The average Bonchev–Trinajstić information content (AvgIpc) is 3.09. The Morgan fingerprint density at radius 1 is 1.13 bits per heavy atom. The van der Waals surface area contributed by atoms with Crippen molar-refractivity contribution in [3.63, 3.8) is 0 Å². The van der Waals surface area contributed by atoms with E-state index >= 15 is 0 Å². The van der Waals surface area contributed by atoms with Gasteiger partial charge in [-0.05, 0) is 72.9 Å². The normalized spacial score (nSPS) is 21.9. The van der Waals surface area contributed by atoms with Gasteiger partial charge in [0.15, 0.2) is 0 Å². The van der Waals surface area contributed by atoms with Gasteiger partial charge in [0.2, 0.25) is 0 Å². The molecule has 4 rings (SSSR count). The molecule has 1 unspecified atom stereocenters. The molecule has 0 saturated heterocycles. The molecule has 39 heavy (non-hydrogen) atoms. The zero-order valence-corrected chi connectivity index (χ0v) is 27.1. The maximum absolute atomic E-state index is 13.8. The monoisotopic (exact) mass is 599 g/mol. The van der Waals surface area contributed by atoms with Gasteiger partial charge in [-0.3, -0.25) is 18.8 Å². The standard InChI is InChI=1S/C28H33Cl2N3O4S.Na/c1-27(2,3)21-8-10-28(11-9-21)32-24(20-14-22(29)16-23(30)15-20)26(35)33(28)17-18-4-6-19(7-5-18)25(34)31-12-13-38(36)37;/h4-7,14-16,21H,8-13,17H2,1-3H3,(H,31,34)(H,36,37);/q;+1/p-1. The van der Waals surface area contributed by atoms with E-state index < -0.39 is 16.7 Å². The van der Waals surface area contributed by atoms with E-state index in [1.165, 1.54) is 0 Å². The molecule has 1 heterocycles. The van der Waals surface area contributed by atoms with E-state index in [-0.39, 0.29) is 59.1 Å². The van der Waals surface area contributed by atoms with Crippen LogP contribution >= 0.6 is 23.2 Å². The molecule has 1 atom stereocenters. The minimum Gasteiger partial charge on any atom is -0.772 e. The number of carbonyl (C=O) groups is 2. The summed E-state index contributed by atoms with van der Waals surface area (Å²) in [6, 6.07) is 12.1. The van der Waals surface area contributed by atoms with Crippen molar-refractivity contribution < 1.29 is 47.9 Å². The summed E-state index contributed by atoms with van der Waals surface area (Å²) in [5.74, 6) is -0.106. The van der Waals surface area contributed by atoms with Crippen molar-refractivity contribution in [2.75, 3.05) is 12.3 Å². The molecule has 1 N–H and O–H groups in total. The molecular formula is C28H32Cl2N3NaO4S. The van der Waals surface area contributed by atoms with E-state index in [0.29, 0.717) is 39.3 Å². The number of amides is 2. The van der Waals surface area contributed by atoms with Gasteiger partial charge in [-0.15, -0.1) is 0 Å². The van der Waals surface area contributed by atoms with Gasteiger partial charge in [0.25, 0.3) is 11.8 Å². The number of benzene rings is 2. The van der Waals surface area contributed by atoms with Gasteiger partial charge in [0.05, 0.1) is 0 Å². The first kappa shape index (κ1) is 32.3. The second-order valence-electron chi connectivity index (χ2n) is 11.1. The van der Waals surface area contributed by atoms with Crippen molar-refractivity contribution in [2.45, 2.75) is 58.7 Å². The SMILES string of the molecule is CC(C)(C)C1CCC2(CC1)N=C(c1cc(Cl)cc(Cl)c1)C(=O)N2Cc1ccc(C(=O)NCCS(=O)[O-])cc1.[Na+]. The first-order chi connectivity index (χ1) is 17.9. The minimum absolute atomic E-state index is 0. The van der Waals surface area contributed by atoms with Gasteiger partial charge in [0.1, 0.15) is 11.4 Å². The van der Waals surface area contributed by atoms with Crippen molar-refractivity contribution in [1.82, 2.24) is 10.2 Å².